The Morgan fingerprint density at radius 3 is 2.42 bits per heavy atom. The third kappa shape index (κ3) is 2.96. The van der Waals surface area contributed by atoms with Gasteiger partial charge in [0.25, 0.3) is 0 Å². The topological polar surface area (TPSA) is 85.2 Å². The molecule has 1 aliphatic rings. The molecule has 1 aliphatic heterocycles. The second kappa shape index (κ2) is 7.01. The van der Waals surface area contributed by atoms with Gasteiger partial charge in [-0.15, -0.1) is 11.8 Å². The molecule has 0 unspecified atom stereocenters. The van der Waals surface area contributed by atoms with Crippen LogP contribution in [-0.4, -0.2) is 71.9 Å². The Hall–Kier alpha value is -0.180. The van der Waals surface area contributed by atoms with Crippen molar-refractivity contribution in [2.45, 2.75) is 43.2 Å². The first kappa shape index (κ1) is 16.9. The van der Waals surface area contributed by atoms with Gasteiger partial charge >= 0.3 is 0 Å². The molecule has 0 aliphatic carbocycles. The summed E-state index contributed by atoms with van der Waals surface area (Å²) in [5.41, 5.74) is 0. The molecule has 0 saturated carbocycles. The summed E-state index contributed by atoms with van der Waals surface area (Å²) in [6.07, 6.45) is -3.40. The Morgan fingerprint density at radius 1 is 1.42 bits per heavy atom. The van der Waals surface area contributed by atoms with Gasteiger partial charge in [0.2, 0.25) is 4.93 Å². The SMILES string of the molecule is CCS[C@]1(C(C)=O)O[C@H](CO)[C@@H](O)[C@H](OC)[C@H]1OC. The predicted molar refractivity (Wildman–Crippen MR) is 71.1 cm³/mol. The van der Waals surface area contributed by atoms with Gasteiger partial charge in [0.1, 0.15) is 24.4 Å². The predicted octanol–water partition coefficient (Wildman–Crippen LogP) is -0.193. The lowest BCUT2D eigenvalue weighted by Gasteiger charge is -2.49. The van der Waals surface area contributed by atoms with Crippen molar-refractivity contribution in [1.82, 2.24) is 0 Å². The van der Waals surface area contributed by atoms with Crippen molar-refractivity contribution in [3.8, 4) is 0 Å². The minimum Gasteiger partial charge on any atom is -0.394 e. The Morgan fingerprint density at radius 2 is 2.05 bits per heavy atom. The van der Waals surface area contributed by atoms with Crippen molar-refractivity contribution in [2.24, 2.45) is 0 Å². The van der Waals surface area contributed by atoms with Gasteiger partial charge in [0, 0.05) is 14.2 Å². The molecule has 1 saturated heterocycles. The largest absolute Gasteiger partial charge is 0.394 e. The number of carbonyl (C=O) groups is 1. The van der Waals surface area contributed by atoms with Crippen molar-refractivity contribution < 1.29 is 29.2 Å². The van der Waals surface area contributed by atoms with Gasteiger partial charge in [0.05, 0.1) is 6.61 Å². The van der Waals surface area contributed by atoms with E-state index in [0.29, 0.717) is 5.75 Å². The van der Waals surface area contributed by atoms with E-state index in [9.17, 15) is 15.0 Å². The fourth-order valence-corrected chi connectivity index (χ4v) is 3.60. The van der Waals surface area contributed by atoms with Gasteiger partial charge in [0.15, 0.2) is 5.78 Å². The number of aliphatic hydroxyl groups excluding tert-OH is 2. The second-order valence-corrected chi connectivity index (χ2v) is 5.82. The standard InChI is InChI=1S/C12H22O6S/c1-5-19-12(7(2)14)11(17-4)10(16-3)9(15)8(6-13)18-12/h8-11,13,15H,5-6H2,1-4H3/t8-,9-,10+,11-,12+/m1/s1. The first-order chi connectivity index (χ1) is 8.98. The molecule has 1 fully saturated rings. The van der Waals surface area contributed by atoms with Gasteiger partial charge in [-0.1, -0.05) is 6.92 Å². The van der Waals surface area contributed by atoms with Crippen LogP contribution in [0.1, 0.15) is 13.8 Å². The zero-order valence-electron chi connectivity index (χ0n) is 11.7. The van der Waals surface area contributed by atoms with Crippen LogP contribution in [0.3, 0.4) is 0 Å². The average molecular weight is 294 g/mol. The van der Waals surface area contributed by atoms with Crippen LogP contribution < -0.4 is 0 Å². The van der Waals surface area contributed by atoms with Gasteiger partial charge in [-0.05, 0) is 12.7 Å². The number of carbonyl (C=O) groups excluding carboxylic acids is 1. The zero-order valence-corrected chi connectivity index (χ0v) is 12.5. The molecule has 0 bridgehead atoms. The van der Waals surface area contributed by atoms with Crippen molar-refractivity contribution in [2.75, 3.05) is 26.6 Å². The summed E-state index contributed by atoms with van der Waals surface area (Å²) in [5.74, 6) is 0.406. The molecule has 6 nitrogen and oxygen atoms in total. The zero-order chi connectivity index (χ0) is 14.6. The van der Waals surface area contributed by atoms with Crippen LogP contribution in [0.15, 0.2) is 0 Å². The lowest BCUT2D eigenvalue weighted by molar-refractivity contribution is -0.247. The van der Waals surface area contributed by atoms with Crippen LogP contribution in [0.4, 0.5) is 0 Å². The molecule has 1 rings (SSSR count). The van der Waals surface area contributed by atoms with Gasteiger partial charge in [-0.2, -0.15) is 0 Å². The number of hydrogen-bond acceptors (Lipinski definition) is 7. The third-order valence-corrected chi connectivity index (χ3v) is 4.61. The quantitative estimate of drug-likeness (QED) is 0.702. The van der Waals surface area contributed by atoms with Crippen LogP contribution in [0.25, 0.3) is 0 Å². The molecule has 1 heterocycles. The molecule has 0 aromatic rings. The Kier molecular flexibility index (Phi) is 6.22. The van der Waals surface area contributed by atoms with E-state index in [1.54, 1.807) is 0 Å². The molecular formula is C12H22O6S. The van der Waals surface area contributed by atoms with Crippen molar-refractivity contribution >= 4 is 17.5 Å². The van der Waals surface area contributed by atoms with E-state index >= 15 is 0 Å². The number of aliphatic hydroxyl groups is 2. The van der Waals surface area contributed by atoms with Crippen LogP contribution in [0.5, 0.6) is 0 Å². The van der Waals surface area contributed by atoms with Crippen molar-refractivity contribution in [3.05, 3.63) is 0 Å². The van der Waals surface area contributed by atoms with Crippen molar-refractivity contribution in [3.63, 3.8) is 0 Å². The van der Waals surface area contributed by atoms with E-state index in [0.717, 1.165) is 0 Å². The van der Waals surface area contributed by atoms with Crippen LogP contribution in [-0.2, 0) is 19.0 Å². The molecule has 0 aromatic carbocycles. The lowest BCUT2D eigenvalue weighted by atomic mass is 9.92. The summed E-state index contributed by atoms with van der Waals surface area (Å²) in [7, 11) is 2.88. The number of thioether (sulfide) groups is 1. The number of ketones is 1. The van der Waals surface area contributed by atoms with E-state index in [2.05, 4.69) is 0 Å². The van der Waals surface area contributed by atoms with Crippen LogP contribution >= 0.6 is 11.8 Å². The maximum Gasteiger partial charge on any atom is 0.201 e. The summed E-state index contributed by atoms with van der Waals surface area (Å²) in [5, 5.41) is 19.4. The Bertz CT molecular complexity index is 313. The van der Waals surface area contributed by atoms with E-state index in [4.69, 9.17) is 14.2 Å². The smallest absolute Gasteiger partial charge is 0.201 e. The monoisotopic (exact) mass is 294 g/mol. The minimum absolute atomic E-state index is 0.224. The maximum atomic E-state index is 12.1. The molecule has 112 valence electrons. The summed E-state index contributed by atoms with van der Waals surface area (Å²) < 4.78 is 16.3. The molecule has 0 spiro atoms. The van der Waals surface area contributed by atoms with Gasteiger partial charge in [-0.25, -0.2) is 0 Å². The summed E-state index contributed by atoms with van der Waals surface area (Å²) in [6, 6.07) is 0. The summed E-state index contributed by atoms with van der Waals surface area (Å²) in [6.45, 7) is 2.91. The van der Waals surface area contributed by atoms with E-state index in [1.165, 1.54) is 32.9 Å². The lowest BCUT2D eigenvalue weighted by Crippen LogP contribution is -2.67. The number of ether oxygens (including phenoxy) is 3. The molecule has 0 amide bonds. The highest BCUT2D eigenvalue weighted by molar-refractivity contribution is 8.01. The molecule has 2 N–H and O–H groups in total. The first-order valence-electron chi connectivity index (χ1n) is 6.15. The fraction of sp³-hybridized carbons (Fsp3) is 0.917. The third-order valence-electron chi connectivity index (χ3n) is 3.27. The number of Topliss-reactive ketones (excluding diaryl/α,β-unsaturated/α-hetero) is 1. The first-order valence-corrected chi connectivity index (χ1v) is 7.14. The molecule has 19 heavy (non-hydrogen) atoms. The number of rotatable bonds is 6. The fourth-order valence-electron chi connectivity index (χ4n) is 2.38. The second-order valence-electron chi connectivity index (χ2n) is 4.34. The van der Waals surface area contributed by atoms with Gasteiger partial charge in [-0.3, -0.25) is 4.79 Å². The Balaban J connectivity index is 3.20. The van der Waals surface area contributed by atoms with Crippen LogP contribution in [0, 0.1) is 0 Å². The summed E-state index contributed by atoms with van der Waals surface area (Å²) >= 11 is 1.28. The Labute approximate surface area is 117 Å². The summed E-state index contributed by atoms with van der Waals surface area (Å²) in [4.78, 5) is 10.8. The molecule has 7 heteroatoms. The molecule has 0 radical (unpaired) electrons. The number of hydrogen-bond donors (Lipinski definition) is 2. The van der Waals surface area contributed by atoms with E-state index in [-0.39, 0.29) is 5.78 Å². The highest BCUT2D eigenvalue weighted by atomic mass is 32.2. The highest BCUT2D eigenvalue weighted by Crippen LogP contribution is 2.41. The highest BCUT2D eigenvalue weighted by Gasteiger charge is 2.58. The average Bonchev–Trinajstić information content (AvgIpc) is 2.39. The van der Waals surface area contributed by atoms with E-state index < -0.39 is 36.0 Å². The van der Waals surface area contributed by atoms with E-state index in [1.807, 2.05) is 6.92 Å². The molecule has 0 aromatic heterocycles. The van der Waals surface area contributed by atoms with Gasteiger partial charge < -0.3 is 24.4 Å². The maximum absolute atomic E-state index is 12.1. The number of methoxy groups -OCH3 is 2. The van der Waals surface area contributed by atoms with Crippen molar-refractivity contribution in [1.29, 1.82) is 0 Å². The minimum atomic E-state index is -1.27. The molecule has 5 atom stereocenters. The van der Waals surface area contributed by atoms with Crippen LogP contribution in [0.2, 0.25) is 0 Å². The molecular weight excluding hydrogens is 272 g/mol. The normalized spacial score (nSPS) is 39.3.